The van der Waals surface area contributed by atoms with Crippen molar-refractivity contribution in [2.45, 2.75) is 6.92 Å². The van der Waals surface area contributed by atoms with Crippen molar-refractivity contribution in [2.24, 2.45) is 4.99 Å². The van der Waals surface area contributed by atoms with Gasteiger partial charge in [0.25, 0.3) is 0 Å². The minimum Gasteiger partial charge on any atom is -0.353 e. The summed E-state index contributed by atoms with van der Waals surface area (Å²) >= 11 is 0. The van der Waals surface area contributed by atoms with Gasteiger partial charge < -0.3 is 5.32 Å². The van der Waals surface area contributed by atoms with Gasteiger partial charge in [0.15, 0.2) is 0 Å². The first-order valence-corrected chi connectivity index (χ1v) is 5.34. The van der Waals surface area contributed by atoms with Gasteiger partial charge in [0, 0.05) is 17.5 Å². The summed E-state index contributed by atoms with van der Waals surface area (Å²) < 4.78 is 0. The number of hydrogen-bond donors (Lipinski definition) is 1. The van der Waals surface area contributed by atoms with Crippen molar-refractivity contribution in [1.82, 2.24) is 0 Å². The zero-order valence-electron chi connectivity index (χ0n) is 9.07. The first kappa shape index (κ1) is 9.16. The molecule has 0 bridgehead atoms. The molecule has 1 aliphatic heterocycles. The monoisotopic (exact) mass is 208 g/mol. The fourth-order valence-corrected chi connectivity index (χ4v) is 1.93. The van der Waals surface area contributed by atoms with Crippen LogP contribution in [0.5, 0.6) is 0 Å². The molecule has 2 aromatic carbocycles. The van der Waals surface area contributed by atoms with Crippen molar-refractivity contribution in [3.8, 4) is 0 Å². The van der Waals surface area contributed by atoms with Crippen molar-refractivity contribution >= 4 is 23.3 Å². The van der Waals surface area contributed by atoms with Crippen LogP contribution in [0, 0.1) is 6.92 Å². The average molecular weight is 208 g/mol. The second kappa shape index (κ2) is 3.49. The van der Waals surface area contributed by atoms with Crippen LogP contribution in [-0.2, 0) is 0 Å². The Morgan fingerprint density at radius 1 is 0.938 bits per heavy atom. The Morgan fingerprint density at radius 3 is 2.69 bits per heavy atom. The topological polar surface area (TPSA) is 24.4 Å². The lowest BCUT2D eigenvalue weighted by molar-refractivity contribution is 1.44. The lowest BCUT2D eigenvalue weighted by atomic mass is 10.1. The molecule has 2 nitrogen and oxygen atoms in total. The molecule has 0 saturated carbocycles. The second-order valence-electron chi connectivity index (χ2n) is 3.94. The summed E-state index contributed by atoms with van der Waals surface area (Å²) in [6.07, 6.45) is 1.93. The number of benzene rings is 2. The maximum atomic E-state index is 4.50. The summed E-state index contributed by atoms with van der Waals surface area (Å²) in [5.74, 6) is 0. The third kappa shape index (κ3) is 1.39. The number of anilines is 2. The molecule has 0 atom stereocenters. The Labute approximate surface area is 94.7 Å². The summed E-state index contributed by atoms with van der Waals surface area (Å²) in [6.45, 7) is 2.10. The van der Waals surface area contributed by atoms with Crippen molar-refractivity contribution in [1.29, 1.82) is 0 Å². The van der Waals surface area contributed by atoms with Crippen LogP contribution < -0.4 is 5.32 Å². The molecule has 2 heteroatoms. The number of fused-ring (bicyclic) bond motifs is 2. The summed E-state index contributed by atoms with van der Waals surface area (Å²) in [4.78, 5) is 4.50. The van der Waals surface area contributed by atoms with E-state index in [1.165, 1.54) is 11.1 Å². The van der Waals surface area contributed by atoms with Crippen LogP contribution in [0.3, 0.4) is 0 Å². The van der Waals surface area contributed by atoms with Crippen molar-refractivity contribution in [3.05, 3.63) is 53.6 Å². The zero-order valence-corrected chi connectivity index (χ0v) is 9.07. The quantitative estimate of drug-likeness (QED) is 0.597. The van der Waals surface area contributed by atoms with Crippen molar-refractivity contribution in [3.63, 3.8) is 0 Å². The maximum Gasteiger partial charge on any atom is 0.0864 e. The molecule has 0 amide bonds. The number of aryl methyl sites for hydroxylation is 1. The molecular weight excluding hydrogens is 196 g/mol. The SMILES string of the molecule is Cc1cccc2c1C=Nc1ccccc1N2. The van der Waals surface area contributed by atoms with E-state index in [0.29, 0.717) is 0 Å². The van der Waals surface area contributed by atoms with Crippen LogP contribution in [0.2, 0.25) is 0 Å². The van der Waals surface area contributed by atoms with Gasteiger partial charge in [0.1, 0.15) is 0 Å². The van der Waals surface area contributed by atoms with Crippen molar-refractivity contribution in [2.75, 3.05) is 5.32 Å². The first-order valence-electron chi connectivity index (χ1n) is 5.34. The van der Waals surface area contributed by atoms with Gasteiger partial charge in [-0.1, -0.05) is 24.3 Å². The second-order valence-corrected chi connectivity index (χ2v) is 3.94. The van der Waals surface area contributed by atoms with Gasteiger partial charge in [0.05, 0.1) is 11.4 Å². The van der Waals surface area contributed by atoms with Gasteiger partial charge >= 0.3 is 0 Å². The minimum atomic E-state index is 0.984. The number of para-hydroxylation sites is 2. The molecule has 0 aliphatic carbocycles. The Morgan fingerprint density at radius 2 is 1.75 bits per heavy atom. The molecule has 3 rings (SSSR count). The molecule has 1 heterocycles. The molecule has 0 fully saturated rings. The van der Waals surface area contributed by atoms with E-state index in [4.69, 9.17) is 0 Å². The number of aliphatic imine (C=N–C) groups is 1. The zero-order chi connectivity index (χ0) is 11.0. The fraction of sp³-hybridized carbons (Fsp3) is 0.0714. The Hall–Kier alpha value is -2.09. The third-order valence-electron chi connectivity index (χ3n) is 2.83. The third-order valence-corrected chi connectivity index (χ3v) is 2.83. The predicted octanol–water partition coefficient (Wildman–Crippen LogP) is 3.80. The number of rotatable bonds is 0. The normalized spacial score (nSPS) is 12.3. The molecule has 0 radical (unpaired) electrons. The van der Waals surface area contributed by atoms with E-state index in [9.17, 15) is 0 Å². The maximum absolute atomic E-state index is 4.50. The van der Waals surface area contributed by atoms with E-state index < -0.39 is 0 Å². The molecule has 16 heavy (non-hydrogen) atoms. The molecule has 0 spiro atoms. The van der Waals surface area contributed by atoms with Gasteiger partial charge in [-0.3, -0.25) is 4.99 Å². The van der Waals surface area contributed by atoms with E-state index in [0.717, 1.165) is 17.1 Å². The van der Waals surface area contributed by atoms with Crippen LogP contribution in [0.25, 0.3) is 0 Å². The van der Waals surface area contributed by atoms with Crippen LogP contribution >= 0.6 is 0 Å². The predicted molar refractivity (Wildman–Crippen MR) is 68.2 cm³/mol. The molecule has 78 valence electrons. The van der Waals surface area contributed by atoms with Crippen LogP contribution in [0.1, 0.15) is 11.1 Å². The smallest absolute Gasteiger partial charge is 0.0864 e. The van der Waals surface area contributed by atoms with E-state index in [2.05, 4.69) is 35.4 Å². The highest BCUT2D eigenvalue weighted by Gasteiger charge is 2.09. The number of hydrogen-bond acceptors (Lipinski definition) is 2. The molecule has 0 aromatic heterocycles. The van der Waals surface area contributed by atoms with E-state index in [1.54, 1.807) is 0 Å². The lowest BCUT2D eigenvalue weighted by Crippen LogP contribution is -1.94. The Kier molecular flexibility index (Phi) is 2.00. The van der Waals surface area contributed by atoms with Gasteiger partial charge in [-0.25, -0.2) is 0 Å². The summed E-state index contributed by atoms with van der Waals surface area (Å²) in [5, 5.41) is 3.42. The Balaban J connectivity index is 2.21. The molecule has 1 N–H and O–H groups in total. The van der Waals surface area contributed by atoms with E-state index in [-0.39, 0.29) is 0 Å². The highest BCUT2D eigenvalue weighted by atomic mass is 14.9. The van der Waals surface area contributed by atoms with E-state index >= 15 is 0 Å². The van der Waals surface area contributed by atoms with Gasteiger partial charge in [-0.05, 0) is 30.7 Å². The molecule has 1 aliphatic rings. The highest BCUT2D eigenvalue weighted by molar-refractivity contribution is 5.96. The first-order chi connectivity index (χ1) is 7.84. The molecule has 0 unspecified atom stereocenters. The average Bonchev–Trinajstić information content (AvgIpc) is 2.48. The van der Waals surface area contributed by atoms with Crippen LogP contribution in [0.4, 0.5) is 17.1 Å². The van der Waals surface area contributed by atoms with Crippen LogP contribution in [-0.4, -0.2) is 6.21 Å². The lowest BCUT2D eigenvalue weighted by Gasteiger charge is -2.09. The largest absolute Gasteiger partial charge is 0.353 e. The van der Waals surface area contributed by atoms with Gasteiger partial charge in [-0.15, -0.1) is 0 Å². The van der Waals surface area contributed by atoms with Gasteiger partial charge in [-0.2, -0.15) is 0 Å². The number of nitrogens with zero attached hydrogens (tertiary/aromatic N) is 1. The molecule has 0 saturated heterocycles. The van der Waals surface area contributed by atoms with E-state index in [1.807, 2.05) is 30.5 Å². The fourth-order valence-electron chi connectivity index (χ4n) is 1.93. The summed E-state index contributed by atoms with van der Waals surface area (Å²) in [7, 11) is 0. The van der Waals surface area contributed by atoms with Crippen LogP contribution in [0.15, 0.2) is 47.5 Å². The minimum absolute atomic E-state index is 0.984. The number of nitrogens with one attached hydrogen (secondary N) is 1. The standard InChI is InChI=1S/C14H12N2/c1-10-5-4-8-12-11(10)9-15-13-6-2-3-7-14(13)16-12/h2-9,16H,1H3. The molecule has 2 aromatic rings. The Bertz CT molecular complexity index is 571. The highest BCUT2D eigenvalue weighted by Crippen LogP contribution is 2.32. The molecular formula is C14H12N2. The summed E-state index contributed by atoms with van der Waals surface area (Å²) in [6, 6.07) is 14.3. The summed E-state index contributed by atoms with van der Waals surface area (Å²) in [5.41, 5.74) is 5.56. The van der Waals surface area contributed by atoms with Gasteiger partial charge in [0.2, 0.25) is 0 Å². The van der Waals surface area contributed by atoms with Crippen molar-refractivity contribution < 1.29 is 0 Å².